The molecule has 0 atom stereocenters. The van der Waals surface area contributed by atoms with Crippen molar-refractivity contribution < 1.29 is 14.7 Å². The number of hydrogen-bond acceptors (Lipinski definition) is 2. The molecule has 1 aromatic carbocycles. The molecule has 0 unspecified atom stereocenters. The zero-order chi connectivity index (χ0) is 10.0. The highest BCUT2D eigenvalue weighted by Gasteiger charge is 2.13. The van der Waals surface area contributed by atoms with Gasteiger partial charge < -0.3 is 5.11 Å². The van der Waals surface area contributed by atoms with Gasteiger partial charge in [0.1, 0.15) is 0 Å². The van der Waals surface area contributed by atoms with Crippen LogP contribution in [0.4, 0.5) is 0 Å². The second kappa shape index (κ2) is 3.87. The van der Waals surface area contributed by atoms with Crippen molar-refractivity contribution in [3.63, 3.8) is 0 Å². The lowest BCUT2D eigenvalue weighted by molar-refractivity contribution is 0.0692. The van der Waals surface area contributed by atoms with Gasteiger partial charge in [0.2, 0.25) is 0 Å². The van der Waals surface area contributed by atoms with Gasteiger partial charge in [-0.05, 0) is 47.7 Å². The first kappa shape index (κ1) is 10.2. The van der Waals surface area contributed by atoms with Gasteiger partial charge in [0.15, 0.2) is 5.78 Å². The summed E-state index contributed by atoms with van der Waals surface area (Å²) in [6.07, 6.45) is 0. The first-order valence-corrected chi connectivity index (χ1v) is 4.64. The Hall–Kier alpha value is -0.910. The Kier molecular flexibility index (Phi) is 3.02. The van der Waals surface area contributed by atoms with Gasteiger partial charge in [-0.3, -0.25) is 4.79 Å². The van der Waals surface area contributed by atoms with Gasteiger partial charge in [-0.15, -0.1) is 0 Å². The number of halogens is 1. The highest BCUT2D eigenvalue weighted by molar-refractivity contribution is 14.1. The van der Waals surface area contributed by atoms with Crippen LogP contribution in [0.3, 0.4) is 0 Å². The molecule has 0 fully saturated rings. The Balaban J connectivity index is 3.35. The minimum absolute atomic E-state index is 0.0689. The molecule has 0 aliphatic heterocycles. The summed E-state index contributed by atoms with van der Waals surface area (Å²) >= 11 is 2.00. The maximum atomic E-state index is 11.0. The van der Waals surface area contributed by atoms with Crippen LogP contribution in [0, 0.1) is 3.57 Å². The highest BCUT2D eigenvalue weighted by atomic mass is 127. The zero-order valence-electron chi connectivity index (χ0n) is 6.87. The van der Waals surface area contributed by atoms with Crippen molar-refractivity contribution in [2.75, 3.05) is 0 Å². The molecule has 0 spiro atoms. The molecule has 0 saturated heterocycles. The van der Waals surface area contributed by atoms with Gasteiger partial charge in [-0.25, -0.2) is 4.79 Å². The summed E-state index contributed by atoms with van der Waals surface area (Å²) in [6, 6.07) is 4.73. The fourth-order valence-corrected chi connectivity index (χ4v) is 1.49. The Morgan fingerprint density at radius 1 is 1.31 bits per heavy atom. The fourth-order valence-electron chi connectivity index (χ4n) is 1.00. The predicted molar refractivity (Wildman–Crippen MR) is 56.1 cm³/mol. The van der Waals surface area contributed by atoms with Crippen LogP contribution in [0.25, 0.3) is 0 Å². The van der Waals surface area contributed by atoms with Crippen LogP contribution in [-0.2, 0) is 0 Å². The predicted octanol–water partition coefficient (Wildman–Crippen LogP) is 2.19. The van der Waals surface area contributed by atoms with Crippen molar-refractivity contribution in [1.29, 1.82) is 0 Å². The SMILES string of the molecule is CC(=O)c1ccc(I)cc1C(=O)O. The second-order valence-corrected chi connectivity index (χ2v) is 3.80. The third kappa shape index (κ3) is 2.27. The average molecular weight is 290 g/mol. The summed E-state index contributed by atoms with van der Waals surface area (Å²) in [6.45, 7) is 1.36. The molecular formula is C9H7IO3. The summed E-state index contributed by atoms with van der Waals surface area (Å²) in [5, 5.41) is 8.78. The van der Waals surface area contributed by atoms with Gasteiger partial charge >= 0.3 is 5.97 Å². The highest BCUT2D eigenvalue weighted by Crippen LogP contribution is 2.14. The van der Waals surface area contributed by atoms with Crippen molar-refractivity contribution in [2.24, 2.45) is 0 Å². The van der Waals surface area contributed by atoms with Crippen LogP contribution in [-0.4, -0.2) is 16.9 Å². The molecule has 0 radical (unpaired) electrons. The monoisotopic (exact) mass is 290 g/mol. The average Bonchev–Trinajstić information content (AvgIpc) is 2.03. The molecule has 0 bridgehead atoms. The van der Waals surface area contributed by atoms with E-state index in [9.17, 15) is 9.59 Å². The molecule has 13 heavy (non-hydrogen) atoms. The Morgan fingerprint density at radius 3 is 2.38 bits per heavy atom. The number of carbonyl (C=O) groups excluding carboxylic acids is 1. The van der Waals surface area contributed by atoms with E-state index in [0.29, 0.717) is 0 Å². The molecule has 68 valence electrons. The molecule has 3 nitrogen and oxygen atoms in total. The molecule has 0 amide bonds. The van der Waals surface area contributed by atoms with Crippen molar-refractivity contribution in [2.45, 2.75) is 6.92 Å². The zero-order valence-corrected chi connectivity index (χ0v) is 9.03. The summed E-state index contributed by atoms with van der Waals surface area (Å²) < 4.78 is 0.806. The molecule has 0 heterocycles. The van der Waals surface area contributed by atoms with E-state index < -0.39 is 5.97 Å². The number of carbonyl (C=O) groups is 2. The number of hydrogen-bond donors (Lipinski definition) is 1. The molecule has 0 aromatic heterocycles. The van der Waals surface area contributed by atoms with Crippen LogP contribution in [0.2, 0.25) is 0 Å². The van der Waals surface area contributed by atoms with Gasteiger partial charge in [0.05, 0.1) is 5.56 Å². The summed E-state index contributed by atoms with van der Waals surface area (Å²) in [4.78, 5) is 21.7. The van der Waals surface area contributed by atoms with E-state index in [2.05, 4.69) is 0 Å². The number of carboxylic acid groups (broad SMARTS) is 1. The maximum Gasteiger partial charge on any atom is 0.336 e. The third-order valence-corrected chi connectivity index (χ3v) is 2.26. The molecule has 0 aliphatic carbocycles. The van der Waals surface area contributed by atoms with E-state index in [-0.39, 0.29) is 16.9 Å². The first-order chi connectivity index (χ1) is 6.02. The second-order valence-electron chi connectivity index (χ2n) is 2.55. The van der Waals surface area contributed by atoms with Crippen LogP contribution in [0.5, 0.6) is 0 Å². The molecule has 1 aromatic rings. The summed E-state index contributed by atoms with van der Waals surface area (Å²) in [5.41, 5.74) is 0.326. The van der Waals surface area contributed by atoms with Crippen molar-refractivity contribution in [3.05, 3.63) is 32.9 Å². The minimum atomic E-state index is -1.07. The number of ketones is 1. The number of Topliss-reactive ketones (excluding diaryl/α,β-unsaturated/α-hetero) is 1. The Labute approximate surface area is 88.9 Å². The quantitative estimate of drug-likeness (QED) is 0.671. The lowest BCUT2D eigenvalue weighted by Crippen LogP contribution is -2.06. The lowest BCUT2D eigenvalue weighted by atomic mass is 10.1. The Bertz CT molecular complexity index is 371. The molecule has 0 aliphatic rings. The Morgan fingerprint density at radius 2 is 1.92 bits per heavy atom. The third-order valence-electron chi connectivity index (χ3n) is 1.59. The van der Waals surface area contributed by atoms with Crippen LogP contribution in [0.1, 0.15) is 27.6 Å². The maximum absolute atomic E-state index is 11.0. The molecular weight excluding hydrogens is 283 g/mol. The standard InChI is InChI=1S/C9H7IO3/c1-5(11)7-3-2-6(10)4-8(7)9(12)13/h2-4H,1H3,(H,12,13). The molecule has 4 heteroatoms. The van der Waals surface area contributed by atoms with E-state index in [1.54, 1.807) is 6.07 Å². The lowest BCUT2D eigenvalue weighted by Gasteiger charge is -2.01. The number of carboxylic acids is 1. The van der Waals surface area contributed by atoms with E-state index >= 15 is 0 Å². The molecule has 1 N–H and O–H groups in total. The summed E-state index contributed by atoms with van der Waals surface area (Å²) in [7, 11) is 0. The van der Waals surface area contributed by atoms with Gasteiger partial charge in [0, 0.05) is 9.13 Å². The van der Waals surface area contributed by atoms with Crippen molar-refractivity contribution in [3.8, 4) is 0 Å². The fraction of sp³-hybridized carbons (Fsp3) is 0.111. The van der Waals surface area contributed by atoms with Gasteiger partial charge in [-0.2, -0.15) is 0 Å². The molecule has 0 saturated carbocycles. The van der Waals surface area contributed by atoms with Crippen LogP contribution in [0.15, 0.2) is 18.2 Å². The first-order valence-electron chi connectivity index (χ1n) is 3.56. The normalized spacial score (nSPS) is 9.69. The van der Waals surface area contributed by atoms with Gasteiger partial charge in [0.25, 0.3) is 0 Å². The minimum Gasteiger partial charge on any atom is -0.478 e. The number of rotatable bonds is 2. The van der Waals surface area contributed by atoms with E-state index in [1.165, 1.54) is 19.1 Å². The van der Waals surface area contributed by atoms with Crippen molar-refractivity contribution >= 4 is 34.3 Å². The van der Waals surface area contributed by atoms with Gasteiger partial charge in [-0.1, -0.05) is 0 Å². The largest absolute Gasteiger partial charge is 0.478 e. The topological polar surface area (TPSA) is 54.4 Å². The van der Waals surface area contributed by atoms with E-state index in [4.69, 9.17) is 5.11 Å². The van der Waals surface area contributed by atoms with E-state index in [0.717, 1.165) is 3.57 Å². The number of benzene rings is 1. The van der Waals surface area contributed by atoms with Crippen LogP contribution >= 0.6 is 22.6 Å². The summed E-state index contributed by atoms with van der Waals surface area (Å²) in [5.74, 6) is -1.29. The smallest absolute Gasteiger partial charge is 0.336 e. The van der Waals surface area contributed by atoms with Crippen LogP contribution < -0.4 is 0 Å². The van der Waals surface area contributed by atoms with Crippen molar-refractivity contribution in [1.82, 2.24) is 0 Å². The molecule has 1 rings (SSSR count). The number of aromatic carboxylic acids is 1. The van der Waals surface area contributed by atoms with E-state index in [1.807, 2.05) is 22.6 Å².